The van der Waals surface area contributed by atoms with Crippen LogP contribution < -0.4 is 0 Å². The SMILES string of the molecule is CC(=O)N1CCCN(CCCC(=O)c2cccs2)CC1. The predicted octanol–water partition coefficient (Wildman–Crippen LogP) is 2.27. The van der Waals surface area contributed by atoms with E-state index in [0.29, 0.717) is 6.42 Å². The topological polar surface area (TPSA) is 40.6 Å². The van der Waals surface area contributed by atoms with Crippen molar-refractivity contribution in [1.29, 1.82) is 0 Å². The zero-order valence-corrected chi connectivity index (χ0v) is 12.8. The largest absolute Gasteiger partial charge is 0.342 e. The Kier molecular flexibility index (Phi) is 5.73. The van der Waals surface area contributed by atoms with Crippen LogP contribution in [0.25, 0.3) is 0 Å². The number of Topliss-reactive ketones (excluding diaryl/α,β-unsaturated/α-hetero) is 1. The van der Waals surface area contributed by atoms with Crippen molar-refractivity contribution in [2.75, 3.05) is 32.7 Å². The lowest BCUT2D eigenvalue weighted by Gasteiger charge is -2.20. The molecular formula is C15H22N2O2S. The van der Waals surface area contributed by atoms with Gasteiger partial charge in [-0.25, -0.2) is 0 Å². The number of amides is 1. The zero-order chi connectivity index (χ0) is 14.4. The van der Waals surface area contributed by atoms with Gasteiger partial charge < -0.3 is 9.80 Å². The Morgan fingerprint density at radius 2 is 2.10 bits per heavy atom. The summed E-state index contributed by atoms with van der Waals surface area (Å²) in [7, 11) is 0. The third-order valence-corrected chi connectivity index (χ3v) is 4.62. The smallest absolute Gasteiger partial charge is 0.219 e. The van der Waals surface area contributed by atoms with Crippen LogP contribution in [-0.4, -0.2) is 54.2 Å². The van der Waals surface area contributed by atoms with Crippen LogP contribution in [-0.2, 0) is 4.79 Å². The highest BCUT2D eigenvalue weighted by molar-refractivity contribution is 7.12. The molecule has 0 spiro atoms. The summed E-state index contributed by atoms with van der Waals surface area (Å²) in [6.45, 7) is 6.20. The van der Waals surface area contributed by atoms with Gasteiger partial charge in [-0.3, -0.25) is 9.59 Å². The van der Waals surface area contributed by atoms with E-state index in [4.69, 9.17) is 0 Å². The molecule has 1 aliphatic heterocycles. The van der Waals surface area contributed by atoms with Crippen molar-refractivity contribution < 1.29 is 9.59 Å². The van der Waals surface area contributed by atoms with Gasteiger partial charge in [0, 0.05) is 33.0 Å². The van der Waals surface area contributed by atoms with Gasteiger partial charge >= 0.3 is 0 Å². The van der Waals surface area contributed by atoms with Crippen molar-refractivity contribution in [3.63, 3.8) is 0 Å². The maximum absolute atomic E-state index is 11.9. The number of rotatable bonds is 5. The molecule has 1 aromatic rings. The van der Waals surface area contributed by atoms with E-state index in [-0.39, 0.29) is 11.7 Å². The highest BCUT2D eigenvalue weighted by atomic mass is 32.1. The van der Waals surface area contributed by atoms with E-state index >= 15 is 0 Å². The molecule has 0 aromatic carbocycles. The summed E-state index contributed by atoms with van der Waals surface area (Å²) < 4.78 is 0. The van der Waals surface area contributed by atoms with Gasteiger partial charge in [0.15, 0.2) is 5.78 Å². The Morgan fingerprint density at radius 1 is 1.25 bits per heavy atom. The lowest BCUT2D eigenvalue weighted by molar-refractivity contribution is -0.128. The van der Waals surface area contributed by atoms with E-state index in [9.17, 15) is 9.59 Å². The van der Waals surface area contributed by atoms with Crippen LogP contribution in [0.5, 0.6) is 0 Å². The fourth-order valence-corrected chi connectivity index (χ4v) is 3.23. The quantitative estimate of drug-likeness (QED) is 0.782. The Morgan fingerprint density at radius 3 is 2.80 bits per heavy atom. The molecule has 4 nitrogen and oxygen atoms in total. The molecule has 5 heteroatoms. The maximum atomic E-state index is 11.9. The molecule has 1 amide bonds. The molecule has 1 fully saturated rings. The van der Waals surface area contributed by atoms with Crippen LogP contribution in [0.2, 0.25) is 0 Å². The van der Waals surface area contributed by atoms with Crippen LogP contribution in [0.3, 0.4) is 0 Å². The van der Waals surface area contributed by atoms with Crippen molar-refractivity contribution in [3.05, 3.63) is 22.4 Å². The standard InChI is InChI=1S/C15H22N2O2S/c1-13(18)17-9-4-8-16(10-11-17)7-2-5-14(19)15-6-3-12-20-15/h3,6,12H,2,4-5,7-11H2,1H3. The average molecular weight is 294 g/mol. The first-order valence-corrected chi connectivity index (χ1v) is 8.09. The molecular weight excluding hydrogens is 272 g/mol. The fourth-order valence-electron chi connectivity index (χ4n) is 2.53. The van der Waals surface area contributed by atoms with Crippen LogP contribution in [0, 0.1) is 0 Å². The van der Waals surface area contributed by atoms with E-state index in [1.54, 1.807) is 6.92 Å². The second-order valence-electron chi connectivity index (χ2n) is 5.21. The maximum Gasteiger partial charge on any atom is 0.219 e. The fraction of sp³-hybridized carbons (Fsp3) is 0.600. The minimum absolute atomic E-state index is 0.166. The summed E-state index contributed by atoms with van der Waals surface area (Å²) >= 11 is 1.52. The first-order valence-electron chi connectivity index (χ1n) is 7.21. The molecule has 0 aliphatic carbocycles. The predicted molar refractivity (Wildman–Crippen MR) is 81.2 cm³/mol. The van der Waals surface area contributed by atoms with Gasteiger partial charge in [-0.2, -0.15) is 0 Å². The summed E-state index contributed by atoms with van der Waals surface area (Å²) in [4.78, 5) is 28.4. The first kappa shape index (κ1) is 15.2. The summed E-state index contributed by atoms with van der Waals surface area (Å²) in [5.41, 5.74) is 0. The normalized spacial score (nSPS) is 16.9. The summed E-state index contributed by atoms with van der Waals surface area (Å²) in [6.07, 6.45) is 2.54. The number of carbonyl (C=O) groups excluding carboxylic acids is 2. The molecule has 0 bridgehead atoms. The molecule has 0 atom stereocenters. The molecule has 20 heavy (non-hydrogen) atoms. The number of hydrogen-bond acceptors (Lipinski definition) is 4. The Bertz CT molecular complexity index is 445. The van der Waals surface area contributed by atoms with Gasteiger partial charge in [-0.05, 0) is 37.4 Å². The lowest BCUT2D eigenvalue weighted by atomic mass is 10.2. The molecule has 110 valence electrons. The molecule has 2 heterocycles. The van der Waals surface area contributed by atoms with E-state index in [0.717, 1.165) is 50.4 Å². The molecule has 1 saturated heterocycles. The van der Waals surface area contributed by atoms with Crippen molar-refractivity contribution in [2.45, 2.75) is 26.2 Å². The third-order valence-electron chi connectivity index (χ3n) is 3.71. The zero-order valence-electron chi connectivity index (χ0n) is 12.0. The number of nitrogens with zero attached hydrogens (tertiary/aromatic N) is 2. The monoisotopic (exact) mass is 294 g/mol. The first-order chi connectivity index (χ1) is 9.66. The average Bonchev–Trinajstić information content (AvgIpc) is 2.85. The number of ketones is 1. The van der Waals surface area contributed by atoms with Crippen molar-refractivity contribution in [1.82, 2.24) is 9.80 Å². The molecule has 1 aliphatic rings. The highest BCUT2D eigenvalue weighted by Gasteiger charge is 2.16. The second kappa shape index (κ2) is 7.55. The summed E-state index contributed by atoms with van der Waals surface area (Å²) in [6, 6.07) is 3.81. The summed E-state index contributed by atoms with van der Waals surface area (Å²) in [5.74, 6) is 0.417. The third kappa shape index (κ3) is 4.42. The molecule has 0 radical (unpaired) electrons. The van der Waals surface area contributed by atoms with Crippen molar-refractivity contribution in [3.8, 4) is 0 Å². The summed E-state index contributed by atoms with van der Waals surface area (Å²) in [5, 5.41) is 1.94. The van der Waals surface area contributed by atoms with Gasteiger partial charge in [0.1, 0.15) is 0 Å². The van der Waals surface area contributed by atoms with Gasteiger partial charge in [-0.1, -0.05) is 6.07 Å². The second-order valence-corrected chi connectivity index (χ2v) is 6.15. The van der Waals surface area contributed by atoms with Gasteiger partial charge in [0.05, 0.1) is 4.88 Å². The van der Waals surface area contributed by atoms with E-state index in [2.05, 4.69) is 4.90 Å². The van der Waals surface area contributed by atoms with Crippen molar-refractivity contribution >= 4 is 23.0 Å². The van der Waals surface area contributed by atoms with Crippen LogP contribution in [0.1, 0.15) is 35.9 Å². The van der Waals surface area contributed by atoms with E-state index in [1.807, 2.05) is 22.4 Å². The molecule has 1 aromatic heterocycles. The van der Waals surface area contributed by atoms with Crippen LogP contribution in [0.15, 0.2) is 17.5 Å². The Balaban J connectivity index is 1.69. The lowest BCUT2D eigenvalue weighted by Crippen LogP contribution is -2.34. The molecule has 0 N–H and O–H groups in total. The van der Waals surface area contributed by atoms with Crippen molar-refractivity contribution in [2.24, 2.45) is 0 Å². The Labute approximate surface area is 124 Å². The van der Waals surface area contributed by atoms with E-state index < -0.39 is 0 Å². The molecule has 2 rings (SSSR count). The number of hydrogen-bond donors (Lipinski definition) is 0. The molecule has 0 saturated carbocycles. The van der Waals surface area contributed by atoms with Gasteiger partial charge in [0.25, 0.3) is 0 Å². The number of carbonyl (C=O) groups is 2. The highest BCUT2D eigenvalue weighted by Crippen LogP contribution is 2.13. The number of thiophene rings is 1. The van der Waals surface area contributed by atoms with Gasteiger partial charge in [-0.15, -0.1) is 11.3 Å². The van der Waals surface area contributed by atoms with Gasteiger partial charge in [0.2, 0.25) is 5.91 Å². The molecule has 0 unspecified atom stereocenters. The van der Waals surface area contributed by atoms with E-state index in [1.165, 1.54) is 11.3 Å². The van der Waals surface area contributed by atoms with Crippen LogP contribution in [0.4, 0.5) is 0 Å². The van der Waals surface area contributed by atoms with Crippen LogP contribution >= 0.6 is 11.3 Å². The minimum Gasteiger partial charge on any atom is -0.342 e. The Hall–Kier alpha value is -1.20. The minimum atomic E-state index is 0.166.